The zero-order valence-corrected chi connectivity index (χ0v) is 17.1. The minimum atomic E-state index is 0.0892. The van der Waals surface area contributed by atoms with Gasteiger partial charge >= 0.3 is 0 Å². The summed E-state index contributed by atoms with van der Waals surface area (Å²) in [5.41, 5.74) is 0.0892. The molecule has 24 heavy (non-hydrogen) atoms. The van der Waals surface area contributed by atoms with E-state index in [1.54, 1.807) is 0 Å². The van der Waals surface area contributed by atoms with Gasteiger partial charge in [-0.1, -0.05) is 27.2 Å². The van der Waals surface area contributed by atoms with Gasteiger partial charge in [0.25, 0.3) is 0 Å². The van der Waals surface area contributed by atoms with Crippen LogP contribution in [0.3, 0.4) is 0 Å². The van der Waals surface area contributed by atoms with Gasteiger partial charge in [0, 0.05) is 12.6 Å². The molecule has 0 aromatic heterocycles. The third kappa shape index (κ3) is 7.04. The molecule has 0 radical (unpaired) electrons. The Labute approximate surface area is 151 Å². The van der Waals surface area contributed by atoms with E-state index in [2.05, 4.69) is 39.9 Å². The summed E-state index contributed by atoms with van der Waals surface area (Å²) in [7, 11) is 0. The molecule has 1 aliphatic heterocycles. The molecule has 0 spiro atoms. The van der Waals surface area contributed by atoms with Crippen LogP contribution < -0.4 is 5.32 Å². The molecule has 0 bridgehead atoms. The first-order valence-corrected chi connectivity index (χ1v) is 10.7. The Morgan fingerprint density at radius 2 is 1.71 bits per heavy atom. The predicted molar refractivity (Wildman–Crippen MR) is 104 cm³/mol. The summed E-state index contributed by atoms with van der Waals surface area (Å²) in [6.45, 7) is 13.9. The molecule has 2 rings (SSSR count). The van der Waals surface area contributed by atoms with Gasteiger partial charge < -0.3 is 10.1 Å². The zero-order valence-electron chi connectivity index (χ0n) is 17.1. The first-order valence-electron chi connectivity index (χ1n) is 10.7. The summed E-state index contributed by atoms with van der Waals surface area (Å²) >= 11 is 0. The lowest BCUT2D eigenvalue weighted by molar-refractivity contribution is -0.0840. The van der Waals surface area contributed by atoms with Crippen molar-refractivity contribution in [3.63, 3.8) is 0 Å². The van der Waals surface area contributed by atoms with E-state index in [-0.39, 0.29) is 5.60 Å². The van der Waals surface area contributed by atoms with Crippen LogP contribution in [-0.4, -0.2) is 24.8 Å². The molecule has 142 valence electrons. The molecule has 2 heteroatoms. The van der Waals surface area contributed by atoms with E-state index in [9.17, 15) is 0 Å². The van der Waals surface area contributed by atoms with E-state index < -0.39 is 0 Å². The maximum Gasteiger partial charge on any atom is 0.0629 e. The molecule has 0 aromatic rings. The van der Waals surface area contributed by atoms with Crippen LogP contribution in [-0.2, 0) is 4.74 Å². The molecule has 1 heterocycles. The second-order valence-corrected chi connectivity index (χ2v) is 9.79. The average molecular weight is 338 g/mol. The van der Waals surface area contributed by atoms with E-state index in [0.29, 0.717) is 0 Å². The lowest BCUT2D eigenvalue weighted by atomic mass is 9.75. The lowest BCUT2D eigenvalue weighted by Gasteiger charge is -2.40. The smallest absolute Gasteiger partial charge is 0.0629 e. The molecule has 2 aliphatic rings. The molecule has 1 saturated carbocycles. The highest BCUT2D eigenvalue weighted by atomic mass is 16.5. The molecule has 0 amide bonds. The van der Waals surface area contributed by atoms with Crippen molar-refractivity contribution in [1.29, 1.82) is 0 Å². The Morgan fingerprint density at radius 1 is 1.00 bits per heavy atom. The second-order valence-electron chi connectivity index (χ2n) is 9.79. The number of hydrogen-bond donors (Lipinski definition) is 1. The van der Waals surface area contributed by atoms with E-state index in [0.717, 1.165) is 36.3 Å². The lowest BCUT2D eigenvalue weighted by Crippen LogP contribution is -2.38. The van der Waals surface area contributed by atoms with Crippen LogP contribution >= 0.6 is 0 Å². The molecule has 1 N–H and O–H groups in total. The quantitative estimate of drug-likeness (QED) is 0.604. The largest absolute Gasteiger partial charge is 0.376 e. The van der Waals surface area contributed by atoms with Crippen molar-refractivity contribution in [2.45, 2.75) is 104 Å². The van der Waals surface area contributed by atoms with Crippen molar-refractivity contribution in [3.8, 4) is 0 Å². The highest BCUT2D eigenvalue weighted by Gasteiger charge is 2.33. The minimum Gasteiger partial charge on any atom is -0.376 e. The van der Waals surface area contributed by atoms with Gasteiger partial charge in [-0.05, 0) is 95.4 Å². The van der Waals surface area contributed by atoms with Gasteiger partial charge in [-0.25, -0.2) is 0 Å². The van der Waals surface area contributed by atoms with Gasteiger partial charge in [-0.15, -0.1) is 0 Å². The minimum absolute atomic E-state index is 0.0892. The summed E-state index contributed by atoms with van der Waals surface area (Å²) in [5, 5.41) is 3.89. The van der Waals surface area contributed by atoms with Crippen LogP contribution in [0.5, 0.6) is 0 Å². The summed E-state index contributed by atoms with van der Waals surface area (Å²) in [4.78, 5) is 0. The van der Waals surface area contributed by atoms with E-state index in [1.807, 2.05) is 0 Å². The highest BCUT2D eigenvalue weighted by Crippen LogP contribution is 2.37. The van der Waals surface area contributed by atoms with E-state index in [4.69, 9.17) is 4.74 Å². The van der Waals surface area contributed by atoms with Crippen molar-refractivity contribution in [2.24, 2.45) is 23.7 Å². The molecule has 0 aromatic carbocycles. The van der Waals surface area contributed by atoms with Crippen LogP contribution in [0, 0.1) is 23.7 Å². The van der Waals surface area contributed by atoms with Crippen molar-refractivity contribution in [1.82, 2.24) is 5.32 Å². The molecule has 0 unspecified atom stereocenters. The number of rotatable bonds is 8. The van der Waals surface area contributed by atoms with Gasteiger partial charge in [-0.2, -0.15) is 0 Å². The Morgan fingerprint density at radius 3 is 2.33 bits per heavy atom. The molecule has 1 saturated heterocycles. The van der Waals surface area contributed by atoms with Gasteiger partial charge in [0.2, 0.25) is 0 Å². The first kappa shape index (κ1) is 20.2. The maximum absolute atomic E-state index is 5.97. The van der Waals surface area contributed by atoms with Crippen LogP contribution in [0.4, 0.5) is 0 Å². The van der Waals surface area contributed by atoms with Gasteiger partial charge in [-0.3, -0.25) is 0 Å². The summed E-state index contributed by atoms with van der Waals surface area (Å²) < 4.78 is 5.97. The predicted octanol–water partition coefficient (Wildman–Crippen LogP) is 5.80. The van der Waals surface area contributed by atoms with Crippen LogP contribution in [0.25, 0.3) is 0 Å². The summed E-state index contributed by atoms with van der Waals surface area (Å²) in [6.07, 6.45) is 12.3. The number of ether oxygens (including phenoxy) is 1. The second kappa shape index (κ2) is 9.57. The highest BCUT2D eigenvalue weighted by molar-refractivity contribution is 4.84. The van der Waals surface area contributed by atoms with Crippen LogP contribution in [0.1, 0.15) is 92.4 Å². The topological polar surface area (TPSA) is 21.3 Å². The van der Waals surface area contributed by atoms with Gasteiger partial charge in [0.1, 0.15) is 0 Å². The molecule has 2 nitrogen and oxygen atoms in total. The fourth-order valence-corrected chi connectivity index (χ4v) is 4.78. The molecule has 1 aliphatic carbocycles. The summed E-state index contributed by atoms with van der Waals surface area (Å²) in [5.74, 6) is 3.52. The molecule has 2 fully saturated rings. The molecular formula is C22H43NO. The van der Waals surface area contributed by atoms with Crippen molar-refractivity contribution in [2.75, 3.05) is 13.2 Å². The third-order valence-corrected chi connectivity index (χ3v) is 6.48. The van der Waals surface area contributed by atoms with Crippen LogP contribution in [0.2, 0.25) is 0 Å². The van der Waals surface area contributed by atoms with Crippen molar-refractivity contribution >= 4 is 0 Å². The standard InChI is InChI=1S/C22H43NO/c1-17(2)6-9-19(20-13-15-24-22(4,5)16-20)12-14-23-21-10-7-18(3)8-11-21/h17-21,23H,6-16H2,1-5H3/t18?,19-,20-,21?/m1/s1. The average Bonchev–Trinajstić information content (AvgIpc) is 2.51. The summed E-state index contributed by atoms with van der Waals surface area (Å²) in [6, 6.07) is 0.790. The Bertz CT molecular complexity index is 344. The Kier molecular flexibility index (Phi) is 8.07. The van der Waals surface area contributed by atoms with Crippen molar-refractivity contribution < 1.29 is 4.74 Å². The molecular weight excluding hydrogens is 294 g/mol. The maximum atomic E-state index is 5.97. The third-order valence-electron chi connectivity index (χ3n) is 6.48. The number of nitrogens with one attached hydrogen (secondary N) is 1. The zero-order chi connectivity index (χ0) is 17.6. The normalized spacial score (nSPS) is 32.0. The van der Waals surface area contributed by atoms with E-state index >= 15 is 0 Å². The first-order chi connectivity index (χ1) is 11.4. The molecule has 2 atom stereocenters. The Balaban J connectivity index is 1.79. The van der Waals surface area contributed by atoms with Gasteiger partial charge in [0.05, 0.1) is 5.60 Å². The Hall–Kier alpha value is -0.0800. The van der Waals surface area contributed by atoms with Crippen LogP contribution in [0.15, 0.2) is 0 Å². The van der Waals surface area contributed by atoms with Crippen molar-refractivity contribution in [3.05, 3.63) is 0 Å². The SMILES string of the molecule is CC(C)CC[C@H](CCNC1CCC(C)CC1)[C@@H]1CCOC(C)(C)C1. The van der Waals surface area contributed by atoms with E-state index in [1.165, 1.54) is 64.3 Å². The number of hydrogen-bond acceptors (Lipinski definition) is 2. The fraction of sp³-hybridized carbons (Fsp3) is 1.00. The monoisotopic (exact) mass is 337 g/mol. The fourth-order valence-electron chi connectivity index (χ4n) is 4.78. The van der Waals surface area contributed by atoms with Gasteiger partial charge in [0.15, 0.2) is 0 Å².